The molecule has 94 valence electrons. The van der Waals surface area contributed by atoms with Crippen molar-refractivity contribution < 1.29 is 1.43 Å². The molecule has 1 spiro atoms. The van der Waals surface area contributed by atoms with E-state index in [2.05, 4.69) is 34.0 Å². The van der Waals surface area contributed by atoms with Crippen molar-refractivity contribution in [2.45, 2.75) is 38.1 Å². The molecule has 17 heavy (non-hydrogen) atoms. The van der Waals surface area contributed by atoms with Crippen LogP contribution in [0.3, 0.4) is 0 Å². The molecule has 0 radical (unpaired) electrons. The molecule has 1 N–H and O–H groups in total. The van der Waals surface area contributed by atoms with Gasteiger partial charge in [0.25, 0.3) is 0 Å². The van der Waals surface area contributed by atoms with Gasteiger partial charge < -0.3 is 10.2 Å². The molecule has 4 heteroatoms. The summed E-state index contributed by atoms with van der Waals surface area (Å²) in [5.41, 5.74) is 1.52. The lowest BCUT2D eigenvalue weighted by Gasteiger charge is -2.34. The SMILES string of the molecule is CC(C)c1ccnc(N2CCNC3(CC3)C2)n1.[HH]. The Hall–Kier alpha value is -1.16. The second-order valence-electron chi connectivity index (χ2n) is 5.56. The largest absolute Gasteiger partial charge is 0.338 e. The first-order valence-corrected chi connectivity index (χ1v) is 6.51. The Morgan fingerprint density at radius 3 is 3.00 bits per heavy atom. The second kappa shape index (κ2) is 3.95. The smallest absolute Gasteiger partial charge is 0.225 e. The molecule has 2 fully saturated rings. The zero-order chi connectivity index (χ0) is 11.9. The third-order valence-electron chi connectivity index (χ3n) is 3.77. The molecule has 0 aromatic carbocycles. The Bertz CT molecular complexity index is 417. The van der Waals surface area contributed by atoms with Crippen molar-refractivity contribution in [1.82, 2.24) is 15.3 Å². The number of anilines is 1. The molecule has 2 aliphatic rings. The van der Waals surface area contributed by atoms with Crippen LogP contribution in [0.25, 0.3) is 0 Å². The summed E-state index contributed by atoms with van der Waals surface area (Å²) < 4.78 is 0. The molecule has 1 aliphatic heterocycles. The molecule has 3 rings (SSSR count). The van der Waals surface area contributed by atoms with Gasteiger partial charge in [-0.25, -0.2) is 9.97 Å². The zero-order valence-electron chi connectivity index (χ0n) is 10.6. The highest BCUT2D eigenvalue weighted by Crippen LogP contribution is 2.38. The van der Waals surface area contributed by atoms with E-state index < -0.39 is 0 Å². The number of hydrogen-bond acceptors (Lipinski definition) is 4. The minimum atomic E-state index is 0. The number of aromatic nitrogens is 2. The maximum Gasteiger partial charge on any atom is 0.225 e. The van der Waals surface area contributed by atoms with Crippen LogP contribution in [0.15, 0.2) is 12.3 Å². The fourth-order valence-electron chi connectivity index (χ4n) is 2.45. The molecule has 0 amide bonds. The van der Waals surface area contributed by atoms with Gasteiger partial charge in [-0.2, -0.15) is 0 Å². The number of rotatable bonds is 2. The first-order valence-electron chi connectivity index (χ1n) is 6.51. The van der Waals surface area contributed by atoms with Crippen molar-refractivity contribution in [3.63, 3.8) is 0 Å². The van der Waals surface area contributed by atoms with Crippen LogP contribution >= 0.6 is 0 Å². The van der Waals surface area contributed by atoms with E-state index in [1.165, 1.54) is 12.8 Å². The highest BCUT2D eigenvalue weighted by atomic mass is 15.3. The maximum absolute atomic E-state index is 4.68. The van der Waals surface area contributed by atoms with Gasteiger partial charge in [0.05, 0.1) is 0 Å². The summed E-state index contributed by atoms with van der Waals surface area (Å²) in [5.74, 6) is 1.37. The third kappa shape index (κ3) is 2.14. The van der Waals surface area contributed by atoms with Crippen LogP contribution in [0.5, 0.6) is 0 Å². The van der Waals surface area contributed by atoms with Crippen molar-refractivity contribution in [3.05, 3.63) is 18.0 Å². The van der Waals surface area contributed by atoms with E-state index in [1.807, 2.05) is 12.3 Å². The summed E-state index contributed by atoms with van der Waals surface area (Å²) in [6.45, 7) is 7.48. The van der Waals surface area contributed by atoms with Gasteiger partial charge >= 0.3 is 0 Å². The van der Waals surface area contributed by atoms with Gasteiger partial charge in [-0.1, -0.05) is 13.8 Å². The van der Waals surface area contributed by atoms with Crippen LogP contribution in [0.1, 0.15) is 39.7 Å². The fraction of sp³-hybridized carbons (Fsp3) is 0.692. The molecule has 4 nitrogen and oxygen atoms in total. The van der Waals surface area contributed by atoms with Crippen LogP contribution in [0.4, 0.5) is 5.95 Å². The van der Waals surface area contributed by atoms with Crippen molar-refractivity contribution in [3.8, 4) is 0 Å². The van der Waals surface area contributed by atoms with Gasteiger partial charge in [-0.15, -0.1) is 0 Å². The van der Waals surface area contributed by atoms with E-state index in [1.54, 1.807) is 0 Å². The minimum Gasteiger partial charge on any atom is -0.338 e. The normalized spacial score (nSPS) is 22.2. The predicted molar refractivity (Wildman–Crippen MR) is 70.4 cm³/mol. The van der Waals surface area contributed by atoms with E-state index >= 15 is 0 Å². The third-order valence-corrected chi connectivity index (χ3v) is 3.77. The van der Waals surface area contributed by atoms with Crippen LogP contribution in [0.2, 0.25) is 0 Å². The highest BCUT2D eigenvalue weighted by Gasteiger charge is 2.45. The molecule has 1 aromatic rings. The van der Waals surface area contributed by atoms with Gasteiger partial charge in [0.15, 0.2) is 0 Å². The number of nitrogens with one attached hydrogen (secondary N) is 1. The quantitative estimate of drug-likeness (QED) is 0.847. The molecular weight excluding hydrogens is 212 g/mol. The van der Waals surface area contributed by atoms with Crippen molar-refractivity contribution in [1.29, 1.82) is 0 Å². The van der Waals surface area contributed by atoms with Crippen LogP contribution in [-0.2, 0) is 0 Å². The van der Waals surface area contributed by atoms with Gasteiger partial charge in [-0.3, -0.25) is 0 Å². The molecule has 2 heterocycles. The Morgan fingerprint density at radius 2 is 2.29 bits per heavy atom. The van der Waals surface area contributed by atoms with E-state index in [-0.39, 0.29) is 1.43 Å². The standard InChI is InChI=1S/C13H20N4.H2/c1-10(2)11-3-6-14-12(16-11)17-8-7-15-13(9-17)4-5-13;/h3,6,10,15H,4-5,7-9H2,1-2H3;1H. The number of nitrogens with zero attached hydrogens (tertiary/aromatic N) is 3. The topological polar surface area (TPSA) is 41.1 Å². The van der Waals surface area contributed by atoms with E-state index in [9.17, 15) is 0 Å². The first kappa shape index (κ1) is 11.0. The van der Waals surface area contributed by atoms with E-state index in [0.717, 1.165) is 31.3 Å². The lowest BCUT2D eigenvalue weighted by Crippen LogP contribution is -2.53. The summed E-state index contributed by atoms with van der Waals surface area (Å²) in [6.07, 6.45) is 4.49. The van der Waals surface area contributed by atoms with Crippen molar-refractivity contribution in [2.24, 2.45) is 0 Å². The minimum absolute atomic E-state index is 0. The summed E-state index contributed by atoms with van der Waals surface area (Å²) in [4.78, 5) is 11.4. The van der Waals surface area contributed by atoms with Crippen LogP contribution < -0.4 is 10.2 Å². The summed E-state index contributed by atoms with van der Waals surface area (Å²) in [6, 6.07) is 2.02. The monoisotopic (exact) mass is 234 g/mol. The molecule has 1 aromatic heterocycles. The van der Waals surface area contributed by atoms with Gasteiger partial charge in [0.2, 0.25) is 5.95 Å². The number of hydrogen-bond donors (Lipinski definition) is 1. The molecule has 0 bridgehead atoms. The predicted octanol–water partition coefficient (Wildman–Crippen LogP) is 1.79. The summed E-state index contributed by atoms with van der Waals surface area (Å²) in [5, 5.41) is 3.61. The molecule has 1 saturated carbocycles. The van der Waals surface area contributed by atoms with E-state index in [0.29, 0.717) is 11.5 Å². The van der Waals surface area contributed by atoms with Gasteiger partial charge in [0, 0.05) is 38.5 Å². The first-order chi connectivity index (χ1) is 8.19. The Balaban J connectivity index is 0.00000120. The maximum atomic E-state index is 4.68. The summed E-state index contributed by atoms with van der Waals surface area (Å²) in [7, 11) is 0. The Kier molecular flexibility index (Phi) is 2.54. The lowest BCUT2D eigenvalue weighted by molar-refractivity contribution is 0.437. The van der Waals surface area contributed by atoms with Crippen LogP contribution in [-0.4, -0.2) is 35.1 Å². The Morgan fingerprint density at radius 1 is 1.47 bits per heavy atom. The second-order valence-corrected chi connectivity index (χ2v) is 5.56. The lowest BCUT2D eigenvalue weighted by atomic mass is 10.1. The highest BCUT2D eigenvalue weighted by molar-refractivity contribution is 5.35. The van der Waals surface area contributed by atoms with Gasteiger partial charge in [0.1, 0.15) is 0 Å². The number of piperazine rings is 1. The average molecular weight is 234 g/mol. The van der Waals surface area contributed by atoms with E-state index in [4.69, 9.17) is 0 Å². The Labute approximate surface area is 104 Å². The van der Waals surface area contributed by atoms with Crippen LogP contribution in [0, 0.1) is 0 Å². The molecule has 1 saturated heterocycles. The summed E-state index contributed by atoms with van der Waals surface area (Å²) >= 11 is 0. The van der Waals surface area contributed by atoms with Crippen molar-refractivity contribution >= 4 is 5.95 Å². The molecular formula is C13H22N4. The zero-order valence-corrected chi connectivity index (χ0v) is 10.6. The van der Waals surface area contributed by atoms with Gasteiger partial charge in [-0.05, 0) is 24.8 Å². The fourth-order valence-corrected chi connectivity index (χ4v) is 2.45. The molecule has 1 aliphatic carbocycles. The average Bonchev–Trinajstić information content (AvgIpc) is 3.08. The van der Waals surface area contributed by atoms with Crippen molar-refractivity contribution in [2.75, 3.05) is 24.5 Å². The molecule has 0 unspecified atom stereocenters. The molecule has 0 atom stereocenters.